The van der Waals surface area contributed by atoms with Gasteiger partial charge in [0.05, 0.1) is 0 Å². The molecule has 1 atom stereocenters. The molecule has 0 radical (unpaired) electrons. The van der Waals surface area contributed by atoms with Gasteiger partial charge in [0.25, 0.3) is 0 Å². The normalized spacial score (nSPS) is 12.9. The number of rotatable bonds is 8. The molecule has 0 saturated carbocycles. The first kappa shape index (κ1) is 12.7. The van der Waals surface area contributed by atoms with Crippen LogP contribution in [0, 0.1) is 0 Å². The highest BCUT2D eigenvalue weighted by atomic mass is 32.1. The number of ether oxygens (including phenoxy) is 1. The van der Waals surface area contributed by atoms with Crippen molar-refractivity contribution in [2.45, 2.75) is 32.7 Å². The molecule has 0 aliphatic carbocycles. The molecule has 3 heteroatoms. The van der Waals surface area contributed by atoms with Gasteiger partial charge < -0.3 is 10.1 Å². The number of thiophene rings is 1. The molecule has 1 aromatic rings. The predicted octanol–water partition coefficient (Wildman–Crippen LogP) is 2.70. The topological polar surface area (TPSA) is 21.3 Å². The Kier molecular flexibility index (Phi) is 6.64. The van der Waals surface area contributed by atoms with E-state index in [1.807, 2.05) is 18.3 Å². The summed E-state index contributed by atoms with van der Waals surface area (Å²) in [4.78, 5) is 1.46. The second kappa shape index (κ2) is 7.85. The van der Waals surface area contributed by atoms with Crippen LogP contribution in [0.15, 0.2) is 17.5 Å². The van der Waals surface area contributed by atoms with Crippen LogP contribution in [0.4, 0.5) is 0 Å². The van der Waals surface area contributed by atoms with Gasteiger partial charge in [0.2, 0.25) is 0 Å². The maximum absolute atomic E-state index is 5.28. The Balaban J connectivity index is 2.01. The third-order valence-corrected chi connectivity index (χ3v) is 3.15. The van der Waals surface area contributed by atoms with Crippen LogP contribution in [0.5, 0.6) is 0 Å². The maximum atomic E-state index is 5.28. The van der Waals surface area contributed by atoms with E-state index in [1.165, 1.54) is 4.88 Å². The molecule has 15 heavy (non-hydrogen) atoms. The lowest BCUT2D eigenvalue weighted by Gasteiger charge is -2.12. The number of hydrogen-bond acceptors (Lipinski definition) is 3. The summed E-state index contributed by atoms with van der Waals surface area (Å²) in [6, 6.07) is 4.87. The van der Waals surface area contributed by atoms with Crippen molar-refractivity contribution < 1.29 is 4.74 Å². The molecule has 0 aliphatic rings. The van der Waals surface area contributed by atoms with Crippen LogP contribution < -0.4 is 5.32 Å². The first-order valence-electron chi connectivity index (χ1n) is 5.66. The molecule has 2 nitrogen and oxygen atoms in total. The third kappa shape index (κ3) is 5.92. The highest BCUT2D eigenvalue weighted by Crippen LogP contribution is 2.10. The van der Waals surface area contributed by atoms with Crippen molar-refractivity contribution in [2.24, 2.45) is 0 Å². The fourth-order valence-electron chi connectivity index (χ4n) is 1.47. The Morgan fingerprint density at radius 1 is 1.53 bits per heavy atom. The molecular formula is C12H21NOS. The first-order valence-corrected chi connectivity index (χ1v) is 6.54. The average molecular weight is 227 g/mol. The van der Waals surface area contributed by atoms with E-state index in [0.29, 0.717) is 6.04 Å². The summed E-state index contributed by atoms with van der Waals surface area (Å²) in [5.41, 5.74) is 0. The fraction of sp³-hybridized carbons (Fsp3) is 0.667. The lowest BCUT2D eigenvalue weighted by atomic mass is 10.2. The molecule has 0 saturated heterocycles. The second-order valence-electron chi connectivity index (χ2n) is 3.69. The zero-order valence-electron chi connectivity index (χ0n) is 9.66. The summed E-state index contributed by atoms with van der Waals surface area (Å²) in [6.45, 7) is 7.01. The van der Waals surface area contributed by atoms with Crippen LogP contribution in [-0.2, 0) is 11.2 Å². The monoisotopic (exact) mass is 227 g/mol. The van der Waals surface area contributed by atoms with Crippen molar-refractivity contribution in [3.8, 4) is 0 Å². The SMILES string of the molecule is CCOCCCNC(C)Cc1cccs1. The second-order valence-corrected chi connectivity index (χ2v) is 4.72. The lowest BCUT2D eigenvalue weighted by Crippen LogP contribution is -2.29. The minimum Gasteiger partial charge on any atom is -0.382 e. The molecule has 0 amide bonds. The van der Waals surface area contributed by atoms with E-state index >= 15 is 0 Å². The molecule has 0 aromatic carbocycles. The van der Waals surface area contributed by atoms with Gasteiger partial charge in [-0.3, -0.25) is 0 Å². The summed E-state index contributed by atoms with van der Waals surface area (Å²) in [6.07, 6.45) is 2.23. The lowest BCUT2D eigenvalue weighted by molar-refractivity contribution is 0.144. The Morgan fingerprint density at radius 2 is 2.40 bits per heavy atom. The van der Waals surface area contributed by atoms with Gasteiger partial charge in [-0.1, -0.05) is 6.07 Å². The van der Waals surface area contributed by atoms with E-state index in [0.717, 1.165) is 32.6 Å². The first-order chi connectivity index (χ1) is 7.33. The van der Waals surface area contributed by atoms with Crippen molar-refractivity contribution in [3.05, 3.63) is 22.4 Å². The minimum absolute atomic E-state index is 0.560. The van der Waals surface area contributed by atoms with Gasteiger partial charge in [0, 0.05) is 24.1 Å². The van der Waals surface area contributed by atoms with Crippen LogP contribution >= 0.6 is 11.3 Å². The van der Waals surface area contributed by atoms with Gasteiger partial charge in [0.15, 0.2) is 0 Å². The molecule has 1 unspecified atom stereocenters. The number of nitrogens with one attached hydrogen (secondary N) is 1. The van der Waals surface area contributed by atoms with Gasteiger partial charge in [-0.2, -0.15) is 0 Å². The Morgan fingerprint density at radius 3 is 3.07 bits per heavy atom. The van der Waals surface area contributed by atoms with E-state index < -0.39 is 0 Å². The molecular weight excluding hydrogens is 206 g/mol. The van der Waals surface area contributed by atoms with E-state index in [9.17, 15) is 0 Å². The summed E-state index contributed by atoms with van der Waals surface area (Å²) in [5, 5.41) is 5.64. The zero-order valence-corrected chi connectivity index (χ0v) is 10.5. The van der Waals surface area contributed by atoms with Crippen molar-refractivity contribution in [2.75, 3.05) is 19.8 Å². The highest BCUT2D eigenvalue weighted by molar-refractivity contribution is 7.09. The zero-order chi connectivity index (χ0) is 10.9. The van der Waals surface area contributed by atoms with Crippen molar-refractivity contribution in [1.29, 1.82) is 0 Å². The molecule has 0 spiro atoms. The quantitative estimate of drug-likeness (QED) is 0.689. The van der Waals surface area contributed by atoms with Crippen LogP contribution in [-0.4, -0.2) is 25.8 Å². The van der Waals surface area contributed by atoms with Crippen LogP contribution in [0.2, 0.25) is 0 Å². The number of hydrogen-bond donors (Lipinski definition) is 1. The molecule has 86 valence electrons. The summed E-state index contributed by atoms with van der Waals surface area (Å²) < 4.78 is 5.28. The van der Waals surface area contributed by atoms with Crippen LogP contribution in [0.1, 0.15) is 25.1 Å². The molecule has 1 rings (SSSR count). The van der Waals surface area contributed by atoms with Gasteiger partial charge in [0.1, 0.15) is 0 Å². The summed E-state index contributed by atoms with van der Waals surface area (Å²) in [5.74, 6) is 0. The average Bonchev–Trinajstić information content (AvgIpc) is 2.70. The highest BCUT2D eigenvalue weighted by Gasteiger charge is 2.02. The minimum atomic E-state index is 0.560. The van der Waals surface area contributed by atoms with Crippen molar-refractivity contribution >= 4 is 11.3 Å². The smallest absolute Gasteiger partial charge is 0.0477 e. The fourth-order valence-corrected chi connectivity index (χ4v) is 2.30. The van der Waals surface area contributed by atoms with Crippen molar-refractivity contribution in [3.63, 3.8) is 0 Å². The van der Waals surface area contributed by atoms with Gasteiger partial charge in [-0.15, -0.1) is 11.3 Å². The standard InChI is InChI=1S/C12H21NOS/c1-3-14-8-5-7-13-11(2)10-12-6-4-9-15-12/h4,6,9,11,13H,3,5,7-8,10H2,1-2H3. The summed E-state index contributed by atoms with van der Waals surface area (Å²) >= 11 is 1.83. The van der Waals surface area contributed by atoms with Crippen LogP contribution in [0.3, 0.4) is 0 Å². The molecule has 1 heterocycles. The predicted molar refractivity (Wildman–Crippen MR) is 66.6 cm³/mol. The van der Waals surface area contributed by atoms with E-state index in [1.54, 1.807) is 0 Å². The molecule has 0 aliphatic heterocycles. The van der Waals surface area contributed by atoms with Crippen LogP contribution in [0.25, 0.3) is 0 Å². The maximum Gasteiger partial charge on any atom is 0.0477 e. The molecule has 1 N–H and O–H groups in total. The van der Waals surface area contributed by atoms with Gasteiger partial charge in [-0.05, 0) is 44.7 Å². The summed E-state index contributed by atoms with van der Waals surface area (Å²) in [7, 11) is 0. The molecule has 1 aromatic heterocycles. The van der Waals surface area contributed by atoms with E-state index in [2.05, 4.69) is 29.8 Å². The Hall–Kier alpha value is -0.380. The van der Waals surface area contributed by atoms with E-state index in [4.69, 9.17) is 4.74 Å². The Labute approximate surface area is 96.7 Å². The van der Waals surface area contributed by atoms with Crippen molar-refractivity contribution in [1.82, 2.24) is 5.32 Å². The van der Waals surface area contributed by atoms with E-state index in [-0.39, 0.29) is 0 Å². The molecule has 0 bridgehead atoms. The largest absolute Gasteiger partial charge is 0.382 e. The molecule has 0 fully saturated rings. The third-order valence-electron chi connectivity index (χ3n) is 2.25. The van der Waals surface area contributed by atoms with Gasteiger partial charge >= 0.3 is 0 Å². The Bertz CT molecular complexity index is 236. The van der Waals surface area contributed by atoms with Gasteiger partial charge in [-0.25, -0.2) is 0 Å².